The second kappa shape index (κ2) is 4.75. The Labute approximate surface area is 114 Å². The van der Waals surface area contributed by atoms with Gasteiger partial charge >= 0.3 is 0 Å². The zero-order chi connectivity index (χ0) is 12.7. The molecule has 0 bridgehead atoms. The molecule has 2 aliphatic rings. The van der Waals surface area contributed by atoms with Crippen LogP contribution >= 0.6 is 11.6 Å². The smallest absolute Gasteiger partial charge is 0.0455 e. The van der Waals surface area contributed by atoms with Crippen LogP contribution in [0.15, 0.2) is 18.2 Å². The van der Waals surface area contributed by atoms with Crippen molar-refractivity contribution in [1.29, 1.82) is 0 Å². The van der Waals surface area contributed by atoms with E-state index in [-0.39, 0.29) is 0 Å². The third kappa shape index (κ3) is 2.36. The molecule has 2 fully saturated rings. The highest BCUT2D eigenvalue weighted by Gasteiger charge is 2.36. The quantitative estimate of drug-likeness (QED) is 0.882. The van der Waals surface area contributed by atoms with Crippen molar-refractivity contribution in [2.24, 2.45) is 5.92 Å². The van der Waals surface area contributed by atoms with Crippen molar-refractivity contribution in [2.75, 3.05) is 18.0 Å². The molecule has 0 spiro atoms. The normalized spacial score (nSPS) is 28.5. The Morgan fingerprint density at radius 2 is 2.11 bits per heavy atom. The second-order valence-corrected chi connectivity index (χ2v) is 6.19. The number of anilines is 1. The summed E-state index contributed by atoms with van der Waals surface area (Å²) < 4.78 is 0. The van der Waals surface area contributed by atoms with Crippen molar-refractivity contribution in [2.45, 2.75) is 38.8 Å². The van der Waals surface area contributed by atoms with E-state index < -0.39 is 0 Å². The first kappa shape index (κ1) is 12.3. The van der Waals surface area contributed by atoms with Crippen LogP contribution in [0.5, 0.6) is 0 Å². The summed E-state index contributed by atoms with van der Waals surface area (Å²) in [6.07, 6.45) is 2.79. The molecule has 1 aliphatic carbocycles. The summed E-state index contributed by atoms with van der Waals surface area (Å²) >= 11 is 6.25. The molecule has 2 atom stereocenters. The first-order valence-electron chi connectivity index (χ1n) is 6.91. The Balaban J connectivity index is 1.81. The van der Waals surface area contributed by atoms with Gasteiger partial charge in [0.2, 0.25) is 0 Å². The van der Waals surface area contributed by atoms with Gasteiger partial charge in [0.05, 0.1) is 0 Å². The number of nitrogens with zero attached hydrogens (tertiary/aromatic N) is 1. The van der Waals surface area contributed by atoms with E-state index in [1.165, 1.54) is 18.5 Å². The number of hydrogen-bond acceptors (Lipinski definition) is 2. The van der Waals surface area contributed by atoms with Crippen molar-refractivity contribution >= 4 is 17.3 Å². The van der Waals surface area contributed by atoms with E-state index in [2.05, 4.69) is 42.3 Å². The topological polar surface area (TPSA) is 15.3 Å². The maximum Gasteiger partial charge on any atom is 0.0455 e. The second-order valence-electron chi connectivity index (χ2n) is 5.79. The fourth-order valence-corrected chi connectivity index (χ4v) is 3.00. The molecule has 0 amide bonds. The summed E-state index contributed by atoms with van der Waals surface area (Å²) in [5.74, 6) is 0.904. The van der Waals surface area contributed by atoms with E-state index in [1.54, 1.807) is 0 Å². The molecule has 1 N–H and O–H groups in total. The first-order chi connectivity index (χ1) is 8.65. The number of rotatable bonds is 2. The Morgan fingerprint density at radius 1 is 1.33 bits per heavy atom. The number of halogens is 1. The minimum atomic E-state index is 0.541. The molecule has 3 heteroatoms. The van der Waals surface area contributed by atoms with Crippen LogP contribution in [0.25, 0.3) is 0 Å². The zero-order valence-electron chi connectivity index (χ0n) is 11.1. The molecular weight excluding hydrogens is 244 g/mol. The fraction of sp³-hybridized carbons (Fsp3) is 0.600. The van der Waals surface area contributed by atoms with Gasteiger partial charge < -0.3 is 10.2 Å². The number of piperazine rings is 1. The molecular formula is C15H21ClN2. The van der Waals surface area contributed by atoms with Crippen molar-refractivity contribution in [3.05, 3.63) is 28.8 Å². The van der Waals surface area contributed by atoms with Crippen LogP contribution < -0.4 is 10.2 Å². The lowest BCUT2D eigenvalue weighted by Gasteiger charge is -2.40. The first-order valence-corrected chi connectivity index (χ1v) is 7.29. The minimum absolute atomic E-state index is 0.541. The molecule has 1 aliphatic heterocycles. The predicted molar refractivity (Wildman–Crippen MR) is 77.5 cm³/mol. The molecule has 2 unspecified atom stereocenters. The molecule has 0 radical (unpaired) electrons. The summed E-state index contributed by atoms with van der Waals surface area (Å²) in [6, 6.07) is 7.65. The predicted octanol–water partition coefficient (Wildman–Crippen LogP) is 3.23. The van der Waals surface area contributed by atoms with E-state index in [1.807, 2.05) is 0 Å². The third-order valence-electron chi connectivity index (χ3n) is 4.28. The molecule has 1 aromatic rings. The standard InChI is InChI=1S/C15H21ClN2/c1-10-3-6-13(7-14(10)16)18-9-15(12-4-5-12)17-8-11(18)2/h3,6-7,11-12,15,17H,4-5,8-9H2,1-2H3. The van der Waals surface area contributed by atoms with Gasteiger partial charge in [-0.05, 0) is 50.3 Å². The van der Waals surface area contributed by atoms with Crippen molar-refractivity contribution in [3.63, 3.8) is 0 Å². The number of hydrogen-bond donors (Lipinski definition) is 1. The summed E-state index contributed by atoms with van der Waals surface area (Å²) in [5.41, 5.74) is 2.42. The van der Waals surface area contributed by atoms with Crippen LogP contribution in [-0.4, -0.2) is 25.2 Å². The molecule has 1 aromatic carbocycles. The van der Waals surface area contributed by atoms with E-state index in [0.29, 0.717) is 12.1 Å². The van der Waals surface area contributed by atoms with Gasteiger partial charge in [-0.25, -0.2) is 0 Å². The Bertz CT molecular complexity index is 442. The molecule has 2 nitrogen and oxygen atoms in total. The largest absolute Gasteiger partial charge is 0.366 e. The summed E-state index contributed by atoms with van der Waals surface area (Å²) in [6.45, 7) is 6.53. The molecule has 1 saturated heterocycles. The van der Waals surface area contributed by atoms with E-state index >= 15 is 0 Å². The van der Waals surface area contributed by atoms with Gasteiger partial charge in [-0.3, -0.25) is 0 Å². The van der Waals surface area contributed by atoms with Crippen LogP contribution in [0.1, 0.15) is 25.3 Å². The Kier molecular flexibility index (Phi) is 3.25. The van der Waals surface area contributed by atoms with Crippen LogP contribution in [-0.2, 0) is 0 Å². The molecule has 18 heavy (non-hydrogen) atoms. The van der Waals surface area contributed by atoms with Crippen molar-refractivity contribution in [1.82, 2.24) is 5.32 Å². The summed E-state index contributed by atoms with van der Waals surface area (Å²) in [5, 5.41) is 4.56. The summed E-state index contributed by atoms with van der Waals surface area (Å²) in [4.78, 5) is 2.50. The van der Waals surface area contributed by atoms with Crippen LogP contribution in [0.3, 0.4) is 0 Å². The zero-order valence-corrected chi connectivity index (χ0v) is 11.9. The lowest BCUT2D eigenvalue weighted by Crippen LogP contribution is -2.56. The highest BCUT2D eigenvalue weighted by atomic mass is 35.5. The average molecular weight is 265 g/mol. The lowest BCUT2D eigenvalue weighted by molar-refractivity contribution is 0.376. The molecule has 1 heterocycles. The SMILES string of the molecule is Cc1ccc(N2CC(C3CC3)NCC2C)cc1Cl. The van der Waals surface area contributed by atoms with Gasteiger partial charge in [-0.2, -0.15) is 0 Å². The van der Waals surface area contributed by atoms with Crippen LogP contribution in [0.2, 0.25) is 5.02 Å². The van der Waals surface area contributed by atoms with Gasteiger partial charge in [0.15, 0.2) is 0 Å². The number of benzene rings is 1. The van der Waals surface area contributed by atoms with Gasteiger partial charge in [-0.1, -0.05) is 17.7 Å². The van der Waals surface area contributed by atoms with Crippen LogP contribution in [0.4, 0.5) is 5.69 Å². The van der Waals surface area contributed by atoms with Crippen molar-refractivity contribution in [3.8, 4) is 0 Å². The van der Waals surface area contributed by atoms with E-state index in [9.17, 15) is 0 Å². The fourth-order valence-electron chi connectivity index (χ4n) is 2.82. The highest BCUT2D eigenvalue weighted by Crippen LogP contribution is 2.35. The van der Waals surface area contributed by atoms with E-state index in [0.717, 1.165) is 29.6 Å². The third-order valence-corrected chi connectivity index (χ3v) is 4.69. The summed E-state index contributed by atoms with van der Waals surface area (Å²) in [7, 11) is 0. The molecule has 1 saturated carbocycles. The minimum Gasteiger partial charge on any atom is -0.366 e. The van der Waals surface area contributed by atoms with Gasteiger partial charge in [0, 0.05) is 35.9 Å². The highest BCUT2D eigenvalue weighted by molar-refractivity contribution is 6.31. The number of nitrogens with one attached hydrogen (secondary N) is 1. The van der Waals surface area contributed by atoms with Gasteiger partial charge in [0.25, 0.3) is 0 Å². The van der Waals surface area contributed by atoms with Crippen LogP contribution in [0, 0.1) is 12.8 Å². The van der Waals surface area contributed by atoms with E-state index in [4.69, 9.17) is 11.6 Å². The maximum absolute atomic E-state index is 6.25. The Hall–Kier alpha value is -0.730. The number of aryl methyl sites for hydroxylation is 1. The maximum atomic E-state index is 6.25. The monoisotopic (exact) mass is 264 g/mol. The van der Waals surface area contributed by atoms with Gasteiger partial charge in [-0.15, -0.1) is 0 Å². The van der Waals surface area contributed by atoms with Gasteiger partial charge in [0.1, 0.15) is 0 Å². The van der Waals surface area contributed by atoms with Crippen molar-refractivity contribution < 1.29 is 0 Å². The lowest BCUT2D eigenvalue weighted by atomic mass is 10.0. The molecule has 98 valence electrons. The molecule has 0 aromatic heterocycles. The average Bonchev–Trinajstić information content (AvgIpc) is 3.18. The molecule has 3 rings (SSSR count). The Morgan fingerprint density at radius 3 is 2.78 bits per heavy atom.